The number of methoxy groups -OCH3 is 1. The summed E-state index contributed by atoms with van der Waals surface area (Å²) in [5.74, 6) is 0.471. The molecule has 0 spiro atoms. The normalized spacial score (nSPS) is 18.9. The molecule has 0 aliphatic carbocycles. The van der Waals surface area contributed by atoms with Crippen molar-refractivity contribution in [2.24, 2.45) is 5.73 Å². The van der Waals surface area contributed by atoms with Crippen molar-refractivity contribution < 1.29 is 19.4 Å². The zero-order chi connectivity index (χ0) is 13.3. The Morgan fingerprint density at radius 3 is 3.00 bits per heavy atom. The van der Waals surface area contributed by atoms with Gasteiger partial charge in [-0.05, 0) is 19.1 Å². The van der Waals surface area contributed by atoms with Crippen LogP contribution in [0.1, 0.15) is 30.5 Å². The molecule has 0 saturated heterocycles. The molecule has 1 aromatic carbocycles. The number of aliphatic carboxylic acids is 1. The van der Waals surface area contributed by atoms with Crippen LogP contribution in [-0.2, 0) is 11.2 Å². The van der Waals surface area contributed by atoms with Gasteiger partial charge in [0.15, 0.2) is 0 Å². The van der Waals surface area contributed by atoms with E-state index in [4.69, 9.17) is 20.3 Å². The van der Waals surface area contributed by atoms with E-state index < -0.39 is 12.0 Å². The van der Waals surface area contributed by atoms with Gasteiger partial charge in [-0.1, -0.05) is 0 Å². The fourth-order valence-electron chi connectivity index (χ4n) is 2.22. The number of hydrogen-bond donors (Lipinski definition) is 2. The third-order valence-electron chi connectivity index (χ3n) is 3.04. The van der Waals surface area contributed by atoms with E-state index in [1.54, 1.807) is 13.2 Å². The predicted molar refractivity (Wildman–Crippen MR) is 66.0 cm³/mol. The minimum atomic E-state index is -0.931. The topological polar surface area (TPSA) is 81.8 Å². The third-order valence-corrected chi connectivity index (χ3v) is 3.04. The second-order valence-electron chi connectivity index (χ2n) is 4.54. The fourth-order valence-corrected chi connectivity index (χ4v) is 2.22. The number of benzene rings is 1. The molecule has 5 nitrogen and oxygen atoms in total. The Labute approximate surface area is 106 Å². The number of carbonyl (C=O) groups is 1. The van der Waals surface area contributed by atoms with E-state index in [1.165, 1.54) is 0 Å². The van der Waals surface area contributed by atoms with Gasteiger partial charge in [-0.15, -0.1) is 0 Å². The summed E-state index contributed by atoms with van der Waals surface area (Å²) in [5, 5.41) is 8.79. The molecule has 98 valence electrons. The Hall–Kier alpha value is -1.75. The summed E-state index contributed by atoms with van der Waals surface area (Å²) in [4.78, 5) is 10.7. The molecule has 1 unspecified atom stereocenters. The summed E-state index contributed by atoms with van der Waals surface area (Å²) < 4.78 is 10.9. The number of nitrogens with two attached hydrogens (primary N) is 1. The Balaban J connectivity index is 2.35. The molecule has 2 atom stereocenters. The molecular formula is C13H17NO4. The Morgan fingerprint density at radius 2 is 2.39 bits per heavy atom. The van der Waals surface area contributed by atoms with Gasteiger partial charge in [-0.3, -0.25) is 4.79 Å². The lowest BCUT2D eigenvalue weighted by molar-refractivity contribution is -0.137. The maximum atomic E-state index is 10.7. The average molecular weight is 251 g/mol. The zero-order valence-electron chi connectivity index (χ0n) is 10.5. The third kappa shape index (κ3) is 2.41. The molecule has 1 aliphatic heterocycles. The summed E-state index contributed by atoms with van der Waals surface area (Å²) in [5.41, 5.74) is 7.63. The van der Waals surface area contributed by atoms with Gasteiger partial charge in [-0.25, -0.2) is 0 Å². The van der Waals surface area contributed by atoms with Crippen LogP contribution in [0.3, 0.4) is 0 Å². The van der Waals surface area contributed by atoms with Gasteiger partial charge in [0.25, 0.3) is 0 Å². The highest BCUT2D eigenvalue weighted by atomic mass is 16.5. The van der Waals surface area contributed by atoms with Crippen LogP contribution in [0.25, 0.3) is 0 Å². The highest BCUT2D eigenvalue weighted by Crippen LogP contribution is 2.37. The van der Waals surface area contributed by atoms with Crippen molar-refractivity contribution in [2.75, 3.05) is 7.11 Å². The van der Waals surface area contributed by atoms with Crippen molar-refractivity contribution in [3.05, 3.63) is 23.3 Å². The van der Waals surface area contributed by atoms with E-state index in [-0.39, 0.29) is 12.5 Å². The monoisotopic (exact) mass is 251 g/mol. The van der Waals surface area contributed by atoms with Crippen LogP contribution in [0.5, 0.6) is 11.5 Å². The molecule has 2 rings (SSSR count). The summed E-state index contributed by atoms with van der Waals surface area (Å²) in [6, 6.07) is 3.09. The molecule has 18 heavy (non-hydrogen) atoms. The molecule has 1 heterocycles. The van der Waals surface area contributed by atoms with Crippen molar-refractivity contribution in [1.82, 2.24) is 0 Å². The maximum absolute atomic E-state index is 10.7. The molecule has 0 bridgehead atoms. The van der Waals surface area contributed by atoms with E-state index in [9.17, 15) is 4.79 Å². The zero-order valence-corrected chi connectivity index (χ0v) is 10.5. The van der Waals surface area contributed by atoms with Crippen LogP contribution in [0.15, 0.2) is 12.1 Å². The number of fused-ring (bicyclic) bond motifs is 1. The van der Waals surface area contributed by atoms with Crippen LogP contribution in [-0.4, -0.2) is 24.3 Å². The van der Waals surface area contributed by atoms with Crippen molar-refractivity contribution in [1.29, 1.82) is 0 Å². The largest absolute Gasteiger partial charge is 0.496 e. The van der Waals surface area contributed by atoms with Crippen molar-refractivity contribution in [3.8, 4) is 11.5 Å². The first-order valence-electron chi connectivity index (χ1n) is 5.86. The second kappa shape index (κ2) is 4.86. The maximum Gasteiger partial charge on any atom is 0.305 e. The van der Waals surface area contributed by atoms with Crippen LogP contribution < -0.4 is 15.2 Å². The quantitative estimate of drug-likeness (QED) is 0.847. The Kier molecular flexibility index (Phi) is 3.43. The van der Waals surface area contributed by atoms with Crippen molar-refractivity contribution in [3.63, 3.8) is 0 Å². The minimum Gasteiger partial charge on any atom is -0.496 e. The van der Waals surface area contributed by atoms with Crippen LogP contribution in [0.2, 0.25) is 0 Å². The number of ether oxygens (including phenoxy) is 2. The van der Waals surface area contributed by atoms with E-state index >= 15 is 0 Å². The summed E-state index contributed by atoms with van der Waals surface area (Å²) in [6.45, 7) is 1.99. The molecule has 5 heteroatoms. The van der Waals surface area contributed by atoms with E-state index in [1.807, 2.05) is 13.0 Å². The number of carboxylic acids is 1. The van der Waals surface area contributed by atoms with Gasteiger partial charge in [0.1, 0.15) is 17.6 Å². The van der Waals surface area contributed by atoms with E-state index in [0.717, 1.165) is 17.7 Å². The van der Waals surface area contributed by atoms with Crippen LogP contribution in [0.4, 0.5) is 0 Å². The molecule has 1 aromatic rings. The first kappa shape index (κ1) is 12.7. The molecule has 0 radical (unpaired) electrons. The van der Waals surface area contributed by atoms with Gasteiger partial charge < -0.3 is 20.3 Å². The highest BCUT2D eigenvalue weighted by molar-refractivity contribution is 5.68. The SMILES string of the molecule is COc1cc2c(cc1[C@H](N)CC(=O)O)OC(C)C2. The average Bonchev–Trinajstić information content (AvgIpc) is 2.65. The molecule has 0 saturated carbocycles. The van der Waals surface area contributed by atoms with Gasteiger partial charge in [0.05, 0.1) is 13.5 Å². The van der Waals surface area contributed by atoms with Crippen LogP contribution in [0, 0.1) is 0 Å². The fraction of sp³-hybridized carbons (Fsp3) is 0.462. The lowest BCUT2D eigenvalue weighted by Gasteiger charge is -2.15. The highest BCUT2D eigenvalue weighted by Gasteiger charge is 2.24. The first-order chi connectivity index (χ1) is 8.51. The van der Waals surface area contributed by atoms with Gasteiger partial charge in [0.2, 0.25) is 0 Å². The first-order valence-corrected chi connectivity index (χ1v) is 5.86. The molecule has 3 N–H and O–H groups in total. The molecule has 1 aliphatic rings. The van der Waals surface area contributed by atoms with Crippen LogP contribution >= 0.6 is 0 Å². The minimum absolute atomic E-state index is 0.134. The van der Waals surface area contributed by atoms with E-state index in [0.29, 0.717) is 11.3 Å². The lowest BCUT2D eigenvalue weighted by Crippen LogP contribution is -2.16. The number of hydrogen-bond acceptors (Lipinski definition) is 4. The summed E-state index contributed by atoms with van der Waals surface area (Å²) in [7, 11) is 1.55. The van der Waals surface area contributed by atoms with Gasteiger partial charge in [0, 0.05) is 23.6 Å². The van der Waals surface area contributed by atoms with Crippen molar-refractivity contribution in [2.45, 2.75) is 31.9 Å². The molecule has 0 fully saturated rings. The Bertz CT molecular complexity index is 472. The predicted octanol–water partition coefficient (Wildman–Crippen LogP) is 1.49. The van der Waals surface area contributed by atoms with Gasteiger partial charge in [-0.2, -0.15) is 0 Å². The molecular weight excluding hydrogens is 234 g/mol. The summed E-state index contributed by atoms with van der Waals surface area (Å²) >= 11 is 0. The standard InChI is InChI=1S/C13H17NO4/c1-7-3-8-4-12(17-2)9(5-11(8)18-7)10(14)6-13(15)16/h4-5,7,10H,3,6,14H2,1-2H3,(H,15,16)/t7?,10-/m1/s1. The van der Waals surface area contributed by atoms with Gasteiger partial charge >= 0.3 is 5.97 Å². The lowest BCUT2D eigenvalue weighted by atomic mass is 10.00. The second-order valence-corrected chi connectivity index (χ2v) is 4.54. The number of carboxylic acid groups (broad SMARTS) is 1. The smallest absolute Gasteiger partial charge is 0.305 e. The molecule has 0 amide bonds. The number of rotatable bonds is 4. The Morgan fingerprint density at radius 1 is 1.67 bits per heavy atom. The van der Waals surface area contributed by atoms with E-state index in [2.05, 4.69) is 0 Å². The molecule has 0 aromatic heterocycles. The van der Waals surface area contributed by atoms with Crippen molar-refractivity contribution >= 4 is 5.97 Å². The summed E-state index contributed by atoms with van der Waals surface area (Å²) in [6.07, 6.45) is 0.834.